The summed E-state index contributed by atoms with van der Waals surface area (Å²) in [6, 6.07) is 7.63. The van der Waals surface area contributed by atoms with Crippen LogP contribution in [-0.2, 0) is 4.79 Å². The lowest BCUT2D eigenvalue weighted by molar-refractivity contribution is -0.117. The molecule has 21 heavy (non-hydrogen) atoms. The fourth-order valence-electron chi connectivity index (χ4n) is 3.01. The van der Waals surface area contributed by atoms with Crippen LogP contribution in [0.5, 0.6) is 0 Å². The second-order valence-electron chi connectivity index (χ2n) is 5.75. The van der Waals surface area contributed by atoms with E-state index < -0.39 is 0 Å². The third-order valence-corrected chi connectivity index (χ3v) is 4.26. The third kappa shape index (κ3) is 2.78. The fourth-order valence-corrected chi connectivity index (χ4v) is 3.01. The van der Waals surface area contributed by atoms with Crippen LogP contribution in [-0.4, -0.2) is 48.9 Å². The predicted octanol–water partition coefficient (Wildman–Crippen LogP) is 1.25. The first kappa shape index (κ1) is 14.1. The second kappa shape index (κ2) is 5.85. The van der Waals surface area contributed by atoms with E-state index in [4.69, 9.17) is 0 Å². The van der Waals surface area contributed by atoms with Gasteiger partial charge in [-0.25, -0.2) is 0 Å². The van der Waals surface area contributed by atoms with Gasteiger partial charge < -0.3 is 15.1 Å². The molecule has 1 aromatic carbocycles. The van der Waals surface area contributed by atoms with Gasteiger partial charge in [-0.3, -0.25) is 9.59 Å². The largest absolute Gasteiger partial charge is 0.333 e. The number of nitrogens with zero attached hydrogens (tertiary/aromatic N) is 2. The zero-order valence-corrected chi connectivity index (χ0v) is 12.3. The minimum absolute atomic E-state index is 0.0725. The summed E-state index contributed by atoms with van der Waals surface area (Å²) in [5.41, 5.74) is 1.58. The van der Waals surface area contributed by atoms with Crippen molar-refractivity contribution in [3.63, 3.8) is 0 Å². The van der Waals surface area contributed by atoms with Crippen LogP contribution in [0.1, 0.15) is 30.1 Å². The fraction of sp³-hybridized carbons (Fsp3) is 0.500. The molecular formula is C16H21N3O2. The summed E-state index contributed by atoms with van der Waals surface area (Å²) in [5, 5.41) is 3.28. The Hall–Kier alpha value is -1.88. The average molecular weight is 287 g/mol. The van der Waals surface area contributed by atoms with E-state index in [0.29, 0.717) is 12.0 Å². The minimum atomic E-state index is 0.0725. The van der Waals surface area contributed by atoms with Gasteiger partial charge in [0.05, 0.1) is 0 Å². The van der Waals surface area contributed by atoms with E-state index >= 15 is 0 Å². The molecule has 2 aliphatic rings. The van der Waals surface area contributed by atoms with E-state index in [9.17, 15) is 9.59 Å². The zero-order valence-electron chi connectivity index (χ0n) is 12.3. The second-order valence-corrected chi connectivity index (χ2v) is 5.75. The van der Waals surface area contributed by atoms with Crippen molar-refractivity contribution >= 4 is 17.5 Å². The highest BCUT2D eigenvalue weighted by atomic mass is 16.2. The molecule has 5 heteroatoms. The van der Waals surface area contributed by atoms with E-state index in [1.54, 1.807) is 4.90 Å². The molecule has 0 spiro atoms. The van der Waals surface area contributed by atoms with Crippen molar-refractivity contribution in [1.29, 1.82) is 0 Å². The van der Waals surface area contributed by atoms with E-state index in [0.717, 1.165) is 38.3 Å². The predicted molar refractivity (Wildman–Crippen MR) is 81.4 cm³/mol. The van der Waals surface area contributed by atoms with Crippen LogP contribution >= 0.6 is 0 Å². The summed E-state index contributed by atoms with van der Waals surface area (Å²) in [5.74, 6) is 0.244. The number of hydrogen-bond donors (Lipinski definition) is 1. The van der Waals surface area contributed by atoms with Crippen LogP contribution in [0, 0.1) is 0 Å². The van der Waals surface area contributed by atoms with Crippen LogP contribution in [0.25, 0.3) is 0 Å². The van der Waals surface area contributed by atoms with Crippen LogP contribution in [0.15, 0.2) is 24.3 Å². The maximum absolute atomic E-state index is 12.5. The lowest BCUT2D eigenvalue weighted by Crippen LogP contribution is -2.52. The van der Waals surface area contributed by atoms with Gasteiger partial charge in [-0.2, -0.15) is 0 Å². The Balaban J connectivity index is 1.74. The van der Waals surface area contributed by atoms with Crippen molar-refractivity contribution in [3.05, 3.63) is 29.8 Å². The van der Waals surface area contributed by atoms with E-state index in [1.165, 1.54) is 0 Å². The number of anilines is 1. The Morgan fingerprint density at radius 2 is 2.00 bits per heavy atom. The highest BCUT2D eigenvalue weighted by Crippen LogP contribution is 2.22. The number of rotatable bonds is 2. The molecule has 112 valence electrons. The van der Waals surface area contributed by atoms with Gasteiger partial charge in [0.2, 0.25) is 5.91 Å². The number of nitrogens with one attached hydrogen (secondary N) is 1. The van der Waals surface area contributed by atoms with Crippen molar-refractivity contribution in [3.8, 4) is 0 Å². The topological polar surface area (TPSA) is 52.7 Å². The molecule has 2 saturated heterocycles. The summed E-state index contributed by atoms with van der Waals surface area (Å²) < 4.78 is 0. The molecule has 0 saturated carbocycles. The van der Waals surface area contributed by atoms with Crippen molar-refractivity contribution in [2.24, 2.45) is 0 Å². The van der Waals surface area contributed by atoms with Crippen molar-refractivity contribution in [2.45, 2.75) is 25.8 Å². The van der Waals surface area contributed by atoms with Crippen LogP contribution < -0.4 is 10.2 Å². The molecule has 5 nitrogen and oxygen atoms in total. The highest BCUT2D eigenvalue weighted by Gasteiger charge is 2.25. The summed E-state index contributed by atoms with van der Waals surface area (Å²) in [6.07, 6.45) is 1.54. The Labute approximate surface area is 124 Å². The molecule has 0 bridgehead atoms. The smallest absolute Gasteiger partial charge is 0.254 e. The Morgan fingerprint density at radius 1 is 1.24 bits per heavy atom. The summed E-state index contributed by atoms with van der Waals surface area (Å²) >= 11 is 0. The molecule has 0 aliphatic carbocycles. The van der Waals surface area contributed by atoms with Crippen molar-refractivity contribution in [1.82, 2.24) is 10.2 Å². The Kier molecular flexibility index (Phi) is 3.92. The van der Waals surface area contributed by atoms with Gasteiger partial charge in [-0.15, -0.1) is 0 Å². The van der Waals surface area contributed by atoms with Gasteiger partial charge in [0.15, 0.2) is 0 Å². The molecule has 1 aromatic rings. The monoisotopic (exact) mass is 287 g/mol. The lowest BCUT2D eigenvalue weighted by atomic mass is 10.1. The van der Waals surface area contributed by atoms with Crippen LogP contribution in [0.2, 0.25) is 0 Å². The number of hydrogen-bond acceptors (Lipinski definition) is 3. The number of carbonyl (C=O) groups is 2. The summed E-state index contributed by atoms with van der Waals surface area (Å²) in [4.78, 5) is 28.0. The van der Waals surface area contributed by atoms with Crippen LogP contribution in [0.4, 0.5) is 5.69 Å². The number of carbonyl (C=O) groups excluding carboxylic acids is 2. The van der Waals surface area contributed by atoms with E-state index in [2.05, 4.69) is 12.2 Å². The molecule has 1 N–H and O–H groups in total. The molecule has 1 atom stereocenters. The van der Waals surface area contributed by atoms with E-state index in [1.807, 2.05) is 29.2 Å². The standard InChI is InChI=1S/C16H21N3O2/c1-12-11-17-8-10-18(12)16(21)13-4-6-14(7-5-13)19-9-2-3-15(19)20/h4-7,12,17H,2-3,8-11H2,1H3/t12-/m0/s1. The first-order valence-corrected chi connectivity index (χ1v) is 7.59. The van der Waals surface area contributed by atoms with Gasteiger partial charge in [0, 0.05) is 49.9 Å². The summed E-state index contributed by atoms with van der Waals surface area (Å²) in [6.45, 7) is 5.26. The van der Waals surface area contributed by atoms with Gasteiger partial charge in [-0.1, -0.05) is 0 Å². The van der Waals surface area contributed by atoms with Gasteiger partial charge in [-0.05, 0) is 37.6 Å². The number of amides is 2. The summed E-state index contributed by atoms with van der Waals surface area (Å²) in [7, 11) is 0. The SMILES string of the molecule is C[C@H]1CNCCN1C(=O)c1ccc(N2CCCC2=O)cc1. The number of benzene rings is 1. The van der Waals surface area contributed by atoms with E-state index in [-0.39, 0.29) is 17.9 Å². The normalized spacial score (nSPS) is 22.7. The van der Waals surface area contributed by atoms with Crippen LogP contribution in [0.3, 0.4) is 0 Å². The van der Waals surface area contributed by atoms with Gasteiger partial charge in [0.25, 0.3) is 5.91 Å². The molecule has 0 radical (unpaired) electrons. The third-order valence-electron chi connectivity index (χ3n) is 4.26. The maximum atomic E-state index is 12.5. The Bertz CT molecular complexity index is 541. The molecule has 3 rings (SSSR count). The first-order valence-electron chi connectivity index (χ1n) is 7.59. The number of piperazine rings is 1. The minimum Gasteiger partial charge on any atom is -0.333 e. The lowest BCUT2D eigenvalue weighted by Gasteiger charge is -2.34. The Morgan fingerprint density at radius 3 is 2.62 bits per heavy atom. The average Bonchev–Trinajstić information content (AvgIpc) is 2.93. The molecule has 2 heterocycles. The highest BCUT2D eigenvalue weighted by molar-refractivity contribution is 5.97. The maximum Gasteiger partial charge on any atom is 0.254 e. The molecule has 0 unspecified atom stereocenters. The van der Waals surface area contributed by atoms with Crippen molar-refractivity contribution < 1.29 is 9.59 Å². The molecule has 0 aromatic heterocycles. The molecule has 2 amide bonds. The van der Waals surface area contributed by atoms with Gasteiger partial charge in [0.1, 0.15) is 0 Å². The first-order chi connectivity index (χ1) is 10.2. The van der Waals surface area contributed by atoms with Gasteiger partial charge >= 0.3 is 0 Å². The molecule has 2 aliphatic heterocycles. The molecular weight excluding hydrogens is 266 g/mol. The van der Waals surface area contributed by atoms with Crippen molar-refractivity contribution in [2.75, 3.05) is 31.1 Å². The quantitative estimate of drug-likeness (QED) is 0.890. The zero-order chi connectivity index (χ0) is 14.8. The molecule has 2 fully saturated rings.